The molecule has 0 atom stereocenters. The first-order valence-electron chi connectivity index (χ1n) is 6.30. The van der Waals surface area contributed by atoms with Gasteiger partial charge >= 0.3 is 5.97 Å². The lowest BCUT2D eigenvalue weighted by Gasteiger charge is -2.02. The quantitative estimate of drug-likeness (QED) is 0.481. The van der Waals surface area contributed by atoms with E-state index in [9.17, 15) is 9.59 Å². The summed E-state index contributed by atoms with van der Waals surface area (Å²) in [4.78, 5) is 27.1. The van der Waals surface area contributed by atoms with Crippen molar-refractivity contribution < 1.29 is 19.1 Å². The van der Waals surface area contributed by atoms with Crippen LogP contribution in [0.1, 0.15) is 22.8 Å². The normalized spacial score (nSPS) is 14.7. The van der Waals surface area contributed by atoms with Crippen LogP contribution in [0.25, 0.3) is 6.08 Å². The van der Waals surface area contributed by atoms with Crippen LogP contribution < -0.4 is 9.47 Å². The summed E-state index contributed by atoms with van der Waals surface area (Å²) in [6.07, 6.45) is 4.92. The van der Waals surface area contributed by atoms with E-state index in [1.807, 2.05) is 0 Å². The monoisotopic (exact) mass is 281 g/mol. The number of hydrogen-bond acceptors (Lipinski definition) is 5. The highest BCUT2D eigenvalue weighted by molar-refractivity contribution is 6.14. The van der Waals surface area contributed by atoms with Gasteiger partial charge < -0.3 is 9.47 Å². The minimum atomic E-state index is -0.424. The molecule has 0 fully saturated rings. The zero-order valence-electron chi connectivity index (χ0n) is 11.2. The second kappa shape index (κ2) is 5.20. The first kappa shape index (κ1) is 13.1. The number of rotatable bonds is 2. The van der Waals surface area contributed by atoms with E-state index in [4.69, 9.17) is 9.47 Å². The maximum atomic E-state index is 12.2. The molecule has 0 spiro atoms. The highest BCUT2D eigenvalue weighted by atomic mass is 16.5. The fraction of sp³-hybridized carbons (Fsp3) is 0.0625. The van der Waals surface area contributed by atoms with Crippen molar-refractivity contribution in [2.75, 3.05) is 0 Å². The molecule has 0 amide bonds. The van der Waals surface area contributed by atoms with Crippen LogP contribution in [-0.4, -0.2) is 16.7 Å². The van der Waals surface area contributed by atoms with E-state index in [0.717, 1.165) is 5.56 Å². The minimum Gasteiger partial charge on any atom is -0.452 e. The summed E-state index contributed by atoms with van der Waals surface area (Å²) in [5.74, 6) is 0.345. The minimum absolute atomic E-state index is 0.198. The number of aromatic nitrogens is 1. The lowest BCUT2D eigenvalue weighted by Crippen LogP contribution is -2.01. The standard InChI is InChI=1S/C16H11NO4/c1-10(18)20-12-2-3-13-14(9-12)21-15(16(13)19)8-11-4-6-17-7-5-11/h2-9H,1H3/b15-8+. The molecule has 5 heteroatoms. The summed E-state index contributed by atoms with van der Waals surface area (Å²) in [6.45, 7) is 1.31. The number of pyridine rings is 1. The lowest BCUT2D eigenvalue weighted by molar-refractivity contribution is -0.131. The van der Waals surface area contributed by atoms with Gasteiger partial charge in [-0.15, -0.1) is 0 Å². The highest BCUT2D eigenvalue weighted by Crippen LogP contribution is 2.34. The van der Waals surface area contributed by atoms with E-state index in [2.05, 4.69) is 4.98 Å². The van der Waals surface area contributed by atoms with Crippen molar-refractivity contribution in [3.8, 4) is 11.5 Å². The van der Waals surface area contributed by atoms with Gasteiger partial charge in [0, 0.05) is 25.4 Å². The van der Waals surface area contributed by atoms with Crippen molar-refractivity contribution in [1.82, 2.24) is 4.98 Å². The molecule has 3 rings (SSSR count). The number of fused-ring (bicyclic) bond motifs is 1. The third-order valence-corrected chi connectivity index (χ3v) is 2.91. The van der Waals surface area contributed by atoms with Gasteiger partial charge in [-0.05, 0) is 35.9 Å². The van der Waals surface area contributed by atoms with Crippen LogP contribution >= 0.6 is 0 Å². The second-order valence-corrected chi connectivity index (χ2v) is 4.47. The molecular formula is C16H11NO4. The molecule has 21 heavy (non-hydrogen) atoms. The van der Waals surface area contributed by atoms with Gasteiger partial charge in [0.1, 0.15) is 11.5 Å². The molecule has 5 nitrogen and oxygen atoms in total. The van der Waals surface area contributed by atoms with Crippen molar-refractivity contribution in [3.05, 3.63) is 59.6 Å². The molecule has 1 aliphatic heterocycles. The molecule has 2 aromatic rings. The predicted molar refractivity (Wildman–Crippen MR) is 74.9 cm³/mol. The van der Waals surface area contributed by atoms with Crippen LogP contribution in [0.15, 0.2) is 48.5 Å². The first-order valence-corrected chi connectivity index (χ1v) is 6.30. The van der Waals surface area contributed by atoms with E-state index >= 15 is 0 Å². The van der Waals surface area contributed by atoms with Crippen molar-refractivity contribution in [2.45, 2.75) is 6.92 Å². The Kier molecular flexibility index (Phi) is 3.23. The number of hydrogen-bond donors (Lipinski definition) is 0. The Morgan fingerprint density at radius 1 is 1.24 bits per heavy atom. The van der Waals surface area contributed by atoms with Crippen LogP contribution in [0, 0.1) is 0 Å². The summed E-state index contributed by atoms with van der Waals surface area (Å²) in [5, 5.41) is 0. The number of esters is 1. The molecule has 0 bridgehead atoms. The number of ether oxygens (including phenoxy) is 2. The molecule has 1 aromatic heterocycles. The number of carbonyl (C=O) groups excluding carboxylic acids is 2. The van der Waals surface area contributed by atoms with E-state index in [1.54, 1.807) is 42.7 Å². The zero-order chi connectivity index (χ0) is 14.8. The summed E-state index contributed by atoms with van der Waals surface area (Å²) < 4.78 is 10.5. The average Bonchev–Trinajstić information content (AvgIpc) is 2.75. The maximum absolute atomic E-state index is 12.2. The summed E-state index contributed by atoms with van der Waals surface area (Å²) in [6, 6.07) is 8.23. The second-order valence-electron chi connectivity index (χ2n) is 4.47. The number of allylic oxidation sites excluding steroid dienone is 1. The van der Waals surface area contributed by atoms with Crippen molar-refractivity contribution in [3.63, 3.8) is 0 Å². The first-order chi connectivity index (χ1) is 10.1. The van der Waals surface area contributed by atoms with Gasteiger partial charge in [-0.2, -0.15) is 0 Å². The van der Waals surface area contributed by atoms with Crippen LogP contribution in [0.5, 0.6) is 11.5 Å². The number of carbonyl (C=O) groups is 2. The summed E-state index contributed by atoms with van der Waals surface area (Å²) in [5.41, 5.74) is 1.27. The molecule has 0 unspecified atom stereocenters. The molecule has 0 saturated carbocycles. The van der Waals surface area contributed by atoms with Crippen molar-refractivity contribution >= 4 is 17.8 Å². The van der Waals surface area contributed by atoms with Gasteiger partial charge in [0.05, 0.1) is 5.56 Å². The third-order valence-electron chi connectivity index (χ3n) is 2.91. The number of benzene rings is 1. The molecule has 0 aliphatic carbocycles. The van der Waals surface area contributed by atoms with E-state index in [1.165, 1.54) is 13.0 Å². The van der Waals surface area contributed by atoms with Gasteiger partial charge in [-0.25, -0.2) is 0 Å². The smallest absolute Gasteiger partial charge is 0.308 e. The summed E-state index contributed by atoms with van der Waals surface area (Å²) in [7, 11) is 0. The molecule has 1 aliphatic rings. The predicted octanol–water partition coefficient (Wildman–Crippen LogP) is 2.62. The molecule has 1 aromatic carbocycles. The van der Waals surface area contributed by atoms with Gasteiger partial charge in [0.2, 0.25) is 5.78 Å². The SMILES string of the molecule is CC(=O)Oc1ccc2c(c1)O/C(=C/c1ccncc1)C2=O. The van der Waals surface area contributed by atoms with Gasteiger partial charge in [-0.1, -0.05) is 0 Å². The van der Waals surface area contributed by atoms with Crippen LogP contribution in [0.4, 0.5) is 0 Å². The van der Waals surface area contributed by atoms with E-state index in [0.29, 0.717) is 17.1 Å². The van der Waals surface area contributed by atoms with E-state index in [-0.39, 0.29) is 11.5 Å². The van der Waals surface area contributed by atoms with E-state index < -0.39 is 5.97 Å². The van der Waals surface area contributed by atoms with Crippen LogP contribution in [0.2, 0.25) is 0 Å². The molecule has 0 saturated heterocycles. The fourth-order valence-electron chi connectivity index (χ4n) is 2.01. The third kappa shape index (κ3) is 2.67. The Hall–Kier alpha value is -2.95. The summed E-state index contributed by atoms with van der Waals surface area (Å²) >= 11 is 0. The Morgan fingerprint density at radius 3 is 2.71 bits per heavy atom. The maximum Gasteiger partial charge on any atom is 0.308 e. The largest absolute Gasteiger partial charge is 0.452 e. The van der Waals surface area contributed by atoms with Gasteiger partial charge in [0.15, 0.2) is 5.76 Å². The van der Waals surface area contributed by atoms with Gasteiger partial charge in [0.25, 0.3) is 0 Å². The Labute approximate surface area is 120 Å². The number of Topliss-reactive ketones (excluding diaryl/α,β-unsaturated/α-hetero) is 1. The molecular weight excluding hydrogens is 270 g/mol. The van der Waals surface area contributed by atoms with Gasteiger partial charge in [-0.3, -0.25) is 14.6 Å². The number of ketones is 1. The highest BCUT2D eigenvalue weighted by Gasteiger charge is 2.27. The Morgan fingerprint density at radius 2 is 2.00 bits per heavy atom. The lowest BCUT2D eigenvalue weighted by atomic mass is 10.1. The average molecular weight is 281 g/mol. The van der Waals surface area contributed by atoms with Crippen molar-refractivity contribution in [2.24, 2.45) is 0 Å². The Balaban J connectivity index is 1.91. The molecule has 104 valence electrons. The fourth-order valence-corrected chi connectivity index (χ4v) is 2.01. The van der Waals surface area contributed by atoms with Crippen LogP contribution in [-0.2, 0) is 4.79 Å². The van der Waals surface area contributed by atoms with Crippen molar-refractivity contribution in [1.29, 1.82) is 0 Å². The zero-order valence-corrected chi connectivity index (χ0v) is 11.2. The van der Waals surface area contributed by atoms with Crippen LogP contribution in [0.3, 0.4) is 0 Å². The molecule has 0 radical (unpaired) electrons. The molecule has 0 N–H and O–H groups in total. The molecule has 2 heterocycles. The Bertz CT molecular complexity index is 750. The topological polar surface area (TPSA) is 65.5 Å². The number of nitrogens with zero attached hydrogens (tertiary/aromatic N) is 1.